The molecule has 1 atom stereocenters. The summed E-state index contributed by atoms with van der Waals surface area (Å²) in [5.74, 6) is 0.989. The van der Waals surface area contributed by atoms with Gasteiger partial charge in [0.2, 0.25) is 0 Å². The second kappa shape index (κ2) is 8.92. The third-order valence-corrected chi connectivity index (χ3v) is 5.87. The van der Waals surface area contributed by atoms with Gasteiger partial charge in [-0.05, 0) is 47.9 Å². The SMILES string of the molecule is COc1ccc(OC)c(-c2cc(C(=O)NCC(O)c3ccc4c(c3)CCN4C)n(C)n2)c1. The van der Waals surface area contributed by atoms with E-state index in [4.69, 9.17) is 9.47 Å². The molecule has 0 saturated carbocycles. The lowest BCUT2D eigenvalue weighted by Crippen LogP contribution is -2.29. The van der Waals surface area contributed by atoms with Crippen LogP contribution in [0, 0.1) is 0 Å². The zero-order valence-corrected chi connectivity index (χ0v) is 18.8. The molecule has 0 bridgehead atoms. The highest BCUT2D eigenvalue weighted by molar-refractivity contribution is 5.94. The summed E-state index contributed by atoms with van der Waals surface area (Å²) >= 11 is 0. The predicted molar refractivity (Wildman–Crippen MR) is 122 cm³/mol. The van der Waals surface area contributed by atoms with Gasteiger partial charge in [-0.3, -0.25) is 9.48 Å². The lowest BCUT2D eigenvalue weighted by Gasteiger charge is -2.15. The Morgan fingerprint density at radius 2 is 1.97 bits per heavy atom. The lowest BCUT2D eigenvalue weighted by atomic mass is 10.0. The quantitative estimate of drug-likeness (QED) is 0.592. The number of aryl methyl sites for hydroxylation is 1. The predicted octanol–water partition coefficient (Wildman–Crippen LogP) is 2.56. The number of methoxy groups -OCH3 is 2. The minimum absolute atomic E-state index is 0.108. The minimum atomic E-state index is -0.790. The first-order valence-corrected chi connectivity index (χ1v) is 10.5. The molecule has 32 heavy (non-hydrogen) atoms. The van der Waals surface area contributed by atoms with Crippen LogP contribution in [0.1, 0.15) is 27.7 Å². The van der Waals surface area contributed by atoms with Gasteiger partial charge in [0.05, 0.1) is 26.0 Å². The van der Waals surface area contributed by atoms with Crippen molar-refractivity contribution in [1.29, 1.82) is 0 Å². The zero-order chi connectivity index (χ0) is 22.8. The maximum Gasteiger partial charge on any atom is 0.269 e. The second-order valence-electron chi connectivity index (χ2n) is 7.89. The number of fused-ring (bicyclic) bond motifs is 1. The number of aromatic nitrogens is 2. The monoisotopic (exact) mass is 436 g/mol. The first-order chi connectivity index (χ1) is 15.4. The average molecular weight is 437 g/mol. The summed E-state index contributed by atoms with van der Waals surface area (Å²) < 4.78 is 12.2. The van der Waals surface area contributed by atoms with E-state index in [0.29, 0.717) is 22.9 Å². The lowest BCUT2D eigenvalue weighted by molar-refractivity contribution is 0.0907. The number of aliphatic hydroxyl groups is 1. The normalized spacial score (nSPS) is 13.6. The van der Waals surface area contributed by atoms with Crippen molar-refractivity contribution in [2.45, 2.75) is 12.5 Å². The number of carbonyl (C=O) groups excluding carboxylic acids is 1. The third kappa shape index (κ3) is 4.13. The van der Waals surface area contributed by atoms with Gasteiger partial charge < -0.3 is 24.8 Å². The van der Waals surface area contributed by atoms with Crippen molar-refractivity contribution in [2.24, 2.45) is 7.05 Å². The number of rotatable bonds is 7. The maximum absolute atomic E-state index is 12.8. The number of hydrogen-bond acceptors (Lipinski definition) is 6. The van der Waals surface area contributed by atoms with Crippen LogP contribution >= 0.6 is 0 Å². The van der Waals surface area contributed by atoms with Crippen molar-refractivity contribution < 1.29 is 19.4 Å². The molecule has 2 heterocycles. The van der Waals surface area contributed by atoms with Gasteiger partial charge in [-0.2, -0.15) is 5.10 Å². The maximum atomic E-state index is 12.8. The average Bonchev–Trinajstić information content (AvgIpc) is 3.39. The van der Waals surface area contributed by atoms with E-state index in [9.17, 15) is 9.90 Å². The van der Waals surface area contributed by atoms with Crippen LogP contribution in [-0.4, -0.2) is 55.2 Å². The van der Waals surface area contributed by atoms with Crippen LogP contribution in [0.3, 0.4) is 0 Å². The van der Waals surface area contributed by atoms with Crippen molar-refractivity contribution in [3.63, 3.8) is 0 Å². The topological polar surface area (TPSA) is 88.9 Å². The van der Waals surface area contributed by atoms with Gasteiger partial charge in [-0.1, -0.05) is 12.1 Å². The molecule has 0 fully saturated rings. The van der Waals surface area contributed by atoms with Crippen LogP contribution in [0.5, 0.6) is 11.5 Å². The van der Waals surface area contributed by atoms with Gasteiger partial charge in [0.25, 0.3) is 5.91 Å². The van der Waals surface area contributed by atoms with E-state index >= 15 is 0 Å². The largest absolute Gasteiger partial charge is 0.497 e. The van der Waals surface area contributed by atoms with Gasteiger partial charge in [-0.25, -0.2) is 0 Å². The Bertz CT molecular complexity index is 1140. The number of nitrogens with zero attached hydrogens (tertiary/aromatic N) is 3. The molecule has 1 aromatic heterocycles. The van der Waals surface area contributed by atoms with E-state index in [-0.39, 0.29) is 12.5 Å². The molecule has 2 aromatic carbocycles. The van der Waals surface area contributed by atoms with E-state index in [1.54, 1.807) is 39.5 Å². The summed E-state index contributed by atoms with van der Waals surface area (Å²) in [6, 6.07) is 13.1. The van der Waals surface area contributed by atoms with Crippen LogP contribution in [-0.2, 0) is 13.5 Å². The van der Waals surface area contributed by atoms with Crippen LogP contribution in [0.2, 0.25) is 0 Å². The molecule has 1 aliphatic rings. The smallest absolute Gasteiger partial charge is 0.269 e. The van der Waals surface area contributed by atoms with Gasteiger partial charge >= 0.3 is 0 Å². The van der Waals surface area contributed by atoms with Crippen LogP contribution in [0.4, 0.5) is 5.69 Å². The van der Waals surface area contributed by atoms with Crippen LogP contribution in [0.15, 0.2) is 42.5 Å². The summed E-state index contributed by atoms with van der Waals surface area (Å²) in [7, 11) is 6.94. The summed E-state index contributed by atoms with van der Waals surface area (Å²) in [6.07, 6.45) is 0.172. The van der Waals surface area contributed by atoms with E-state index in [0.717, 1.165) is 24.1 Å². The van der Waals surface area contributed by atoms with Crippen molar-refractivity contribution in [1.82, 2.24) is 15.1 Å². The fourth-order valence-electron chi connectivity index (χ4n) is 4.02. The fraction of sp³-hybridized carbons (Fsp3) is 0.333. The van der Waals surface area contributed by atoms with Crippen molar-refractivity contribution >= 4 is 11.6 Å². The molecule has 1 amide bonds. The number of carbonyl (C=O) groups is 1. The molecule has 1 aliphatic heterocycles. The number of likely N-dealkylation sites (N-methyl/N-ethyl adjacent to an activating group) is 1. The Hall–Kier alpha value is -3.52. The Morgan fingerprint density at radius 3 is 2.72 bits per heavy atom. The molecular weight excluding hydrogens is 408 g/mol. The molecule has 8 nitrogen and oxygen atoms in total. The van der Waals surface area contributed by atoms with Crippen molar-refractivity contribution in [2.75, 3.05) is 39.3 Å². The highest BCUT2D eigenvalue weighted by Gasteiger charge is 2.20. The number of aliphatic hydroxyl groups excluding tert-OH is 1. The van der Waals surface area contributed by atoms with E-state index in [1.165, 1.54) is 15.9 Å². The molecule has 1 unspecified atom stereocenters. The molecular formula is C24H28N4O4. The summed E-state index contributed by atoms with van der Waals surface area (Å²) in [5.41, 5.74) is 4.92. The number of nitrogens with one attached hydrogen (secondary N) is 1. The summed E-state index contributed by atoms with van der Waals surface area (Å²) in [4.78, 5) is 15.0. The van der Waals surface area contributed by atoms with E-state index in [2.05, 4.69) is 22.4 Å². The zero-order valence-electron chi connectivity index (χ0n) is 18.8. The number of ether oxygens (including phenoxy) is 2. The van der Waals surface area contributed by atoms with Gasteiger partial charge in [0, 0.05) is 38.4 Å². The molecule has 0 radical (unpaired) electrons. The van der Waals surface area contributed by atoms with Crippen molar-refractivity contribution in [3.05, 3.63) is 59.3 Å². The third-order valence-electron chi connectivity index (χ3n) is 5.87. The van der Waals surface area contributed by atoms with Crippen molar-refractivity contribution in [3.8, 4) is 22.8 Å². The molecule has 2 N–H and O–H groups in total. The Morgan fingerprint density at radius 1 is 1.16 bits per heavy atom. The molecule has 3 aromatic rings. The van der Waals surface area contributed by atoms with Crippen LogP contribution in [0.25, 0.3) is 11.3 Å². The fourth-order valence-corrected chi connectivity index (χ4v) is 4.02. The van der Waals surface area contributed by atoms with E-state index in [1.807, 2.05) is 24.3 Å². The molecule has 0 spiro atoms. The Labute approximate surface area is 187 Å². The minimum Gasteiger partial charge on any atom is -0.497 e. The van der Waals surface area contributed by atoms with Gasteiger partial charge in [-0.15, -0.1) is 0 Å². The van der Waals surface area contributed by atoms with Gasteiger partial charge in [0.15, 0.2) is 0 Å². The second-order valence-corrected chi connectivity index (χ2v) is 7.89. The molecule has 0 aliphatic carbocycles. The highest BCUT2D eigenvalue weighted by Crippen LogP contribution is 2.33. The number of hydrogen-bond donors (Lipinski definition) is 2. The molecule has 4 rings (SSSR count). The summed E-state index contributed by atoms with van der Waals surface area (Å²) in [6.45, 7) is 1.09. The Balaban J connectivity index is 1.47. The molecule has 168 valence electrons. The Kier molecular flexibility index (Phi) is 6.05. The highest BCUT2D eigenvalue weighted by atomic mass is 16.5. The molecule has 0 saturated heterocycles. The standard InChI is InChI=1S/C24H28N4O4/c1-27-10-9-15-11-16(5-7-20(15)27)22(29)14-25-24(30)21-13-19(26-28(21)2)18-12-17(31-3)6-8-23(18)32-4/h5-8,11-13,22,29H,9-10,14H2,1-4H3,(H,25,30). The number of benzene rings is 2. The number of anilines is 1. The first-order valence-electron chi connectivity index (χ1n) is 10.5. The van der Waals surface area contributed by atoms with E-state index < -0.39 is 6.10 Å². The molecule has 8 heteroatoms. The summed E-state index contributed by atoms with van der Waals surface area (Å²) in [5, 5.41) is 17.9. The van der Waals surface area contributed by atoms with Crippen LogP contribution < -0.4 is 19.7 Å². The number of amides is 1. The van der Waals surface area contributed by atoms with Gasteiger partial charge in [0.1, 0.15) is 17.2 Å². The first kappa shape index (κ1) is 21.7.